The van der Waals surface area contributed by atoms with Crippen molar-refractivity contribution < 1.29 is 13.2 Å². The molecule has 0 aliphatic carbocycles. The maximum atomic E-state index is 13.3. The van der Waals surface area contributed by atoms with Crippen LogP contribution in [0.4, 0.5) is 13.2 Å². The molecule has 0 spiro atoms. The van der Waals surface area contributed by atoms with Crippen molar-refractivity contribution in [2.45, 2.75) is 0 Å². The van der Waals surface area contributed by atoms with E-state index in [-0.39, 0.29) is 11.1 Å². The topological polar surface area (TPSA) is 12.9 Å². The molecule has 0 radical (unpaired) electrons. The number of hydrogen-bond donors (Lipinski definition) is 0. The van der Waals surface area contributed by atoms with E-state index in [1.807, 2.05) is 0 Å². The summed E-state index contributed by atoms with van der Waals surface area (Å²) in [5.41, 5.74) is 0.238. The minimum atomic E-state index is -0.675. The highest BCUT2D eigenvalue weighted by Crippen LogP contribution is 2.17. The first-order valence-corrected chi connectivity index (χ1v) is 5.80. The molecule has 1 heterocycles. The summed E-state index contributed by atoms with van der Waals surface area (Å²) in [6.07, 6.45) is 3.95. The maximum Gasteiger partial charge on any atom is 0.220 e. The first kappa shape index (κ1) is 12.8. The molecular weight excluding hydrogens is 307 g/mol. The molecule has 0 unspecified atom stereocenters. The second-order valence-electron chi connectivity index (χ2n) is 3.53. The predicted molar refractivity (Wildman–Crippen MR) is 67.2 cm³/mol. The first-order valence-electron chi connectivity index (χ1n) is 5.00. The minimum Gasteiger partial charge on any atom is -0.227 e. The summed E-state index contributed by atoms with van der Waals surface area (Å²) in [7, 11) is 0. The van der Waals surface area contributed by atoms with Gasteiger partial charge in [-0.25, -0.2) is 13.8 Å². The lowest BCUT2D eigenvalue weighted by atomic mass is 10.1. The summed E-state index contributed by atoms with van der Waals surface area (Å²) in [6, 6.07) is 4.57. The highest BCUT2D eigenvalue weighted by molar-refractivity contribution is 9.10. The quantitative estimate of drug-likeness (QED) is 0.747. The van der Waals surface area contributed by atoms with Gasteiger partial charge in [0.15, 0.2) is 0 Å². The molecule has 0 atom stereocenters. The molecule has 0 N–H and O–H groups in total. The van der Waals surface area contributed by atoms with Crippen LogP contribution in [0.15, 0.2) is 34.9 Å². The molecule has 5 heteroatoms. The van der Waals surface area contributed by atoms with E-state index in [9.17, 15) is 13.2 Å². The largest absolute Gasteiger partial charge is 0.227 e. The monoisotopic (exact) mass is 313 g/mol. The molecule has 1 aromatic heterocycles. The molecule has 0 saturated heterocycles. The van der Waals surface area contributed by atoms with Crippen LogP contribution in [0, 0.1) is 17.6 Å². The van der Waals surface area contributed by atoms with Crippen LogP contribution in [0.1, 0.15) is 11.1 Å². The van der Waals surface area contributed by atoms with Crippen molar-refractivity contribution in [1.29, 1.82) is 0 Å². The van der Waals surface area contributed by atoms with Crippen LogP contribution in [-0.4, -0.2) is 4.98 Å². The first-order chi connectivity index (χ1) is 8.56. The lowest BCUT2D eigenvalue weighted by Gasteiger charge is -1.99. The SMILES string of the molecule is Fc1ccc(F)c(C=Cc2cc(Br)cnc2F)c1. The zero-order valence-electron chi connectivity index (χ0n) is 9.00. The second kappa shape index (κ2) is 5.35. The Labute approximate surface area is 110 Å². The molecular formula is C13H7BrF3N. The van der Waals surface area contributed by atoms with Crippen molar-refractivity contribution >= 4 is 28.1 Å². The molecule has 1 aromatic carbocycles. The average Bonchev–Trinajstić information content (AvgIpc) is 2.34. The molecule has 92 valence electrons. The smallest absolute Gasteiger partial charge is 0.220 e. The minimum absolute atomic E-state index is 0.0503. The van der Waals surface area contributed by atoms with Gasteiger partial charge in [-0.2, -0.15) is 4.39 Å². The molecule has 0 fully saturated rings. The van der Waals surface area contributed by atoms with Crippen LogP contribution in [0.5, 0.6) is 0 Å². The third-order valence-corrected chi connectivity index (χ3v) is 2.67. The summed E-state index contributed by atoms with van der Waals surface area (Å²) >= 11 is 3.15. The number of halogens is 4. The van der Waals surface area contributed by atoms with Crippen LogP contribution in [-0.2, 0) is 0 Å². The van der Waals surface area contributed by atoms with Crippen LogP contribution in [0.25, 0.3) is 12.2 Å². The Bertz CT molecular complexity index is 558. The second-order valence-corrected chi connectivity index (χ2v) is 4.45. The van der Waals surface area contributed by atoms with Crippen LogP contribution in [0.2, 0.25) is 0 Å². The Morgan fingerprint density at radius 1 is 1.00 bits per heavy atom. The number of pyridine rings is 1. The van der Waals surface area contributed by atoms with Gasteiger partial charge in [0.1, 0.15) is 11.6 Å². The summed E-state index contributed by atoms with van der Waals surface area (Å²) in [5.74, 6) is -1.80. The Hall–Kier alpha value is -1.62. The third-order valence-electron chi connectivity index (χ3n) is 2.23. The van der Waals surface area contributed by atoms with Crippen molar-refractivity contribution in [1.82, 2.24) is 4.98 Å². The van der Waals surface area contributed by atoms with Gasteiger partial charge in [0.2, 0.25) is 5.95 Å². The molecule has 1 nitrogen and oxygen atoms in total. The lowest BCUT2D eigenvalue weighted by molar-refractivity contribution is 0.580. The fourth-order valence-electron chi connectivity index (χ4n) is 1.38. The van der Waals surface area contributed by atoms with Gasteiger partial charge in [-0.3, -0.25) is 0 Å². The summed E-state index contributed by atoms with van der Waals surface area (Å²) < 4.78 is 40.1. The number of rotatable bonds is 2. The number of aromatic nitrogens is 1. The zero-order valence-corrected chi connectivity index (χ0v) is 10.6. The standard InChI is InChI=1S/C13H7BrF3N/c14-10-5-9(13(17)18-7-10)2-1-8-6-11(15)3-4-12(8)16/h1-7H. The predicted octanol–water partition coefficient (Wildman–Crippen LogP) is 4.43. The molecule has 0 aliphatic heterocycles. The van der Waals surface area contributed by atoms with Crippen molar-refractivity contribution in [3.8, 4) is 0 Å². The van der Waals surface area contributed by atoms with Crippen molar-refractivity contribution in [3.63, 3.8) is 0 Å². The van der Waals surface area contributed by atoms with Gasteiger partial charge < -0.3 is 0 Å². The Kier molecular flexibility index (Phi) is 3.81. The van der Waals surface area contributed by atoms with E-state index in [0.717, 1.165) is 18.2 Å². The molecule has 2 aromatic rings. The molecule has 0 saturated carbocycles. The van der Waals surface area contributed by atoms with Gasteiger partial charge in [0.05, 0.1) is 0 Å². The van der Waals surface area contributed by atoms with Crippen LogP contribution >= 0.6 is 15.9 Å². The van der Waals surface area contributed by atoms with E-state index < -0.39 is 17.6 Å². The highest BCUT2D eigenvalue weighted by Gasteiger charge is 2.03. The number of hydrogen-bond acceptors (Lipinski definition) is 1. The number of benzene rings is 1. The van der Waals surface area contributed by atoms with Gasteiger partial charge in [-0.05, 0) is 46.3 Å². The third kappa shape index (κ3) is 2.98. The van der Waals surface area contributed by atoms with E-state index >= 15 is 0 Å². The average molecular weight is 314 g/mol. The molecule has 18 heavy (non-hydrogen) atoms. The normalized spacial score (nSPS) is 11.1. The fourth-order valence-corrected chi connectivity index (χ4v) is 1.73. The van der Waals surface area contributed by atoms with Gasteiger partial charge in [-0.15, -0.1) is 0 Å². The van der Waals surface area contributed by atoms with Crippen LogP contribution < -0.4 is 0 Å². The Morgan fingerprint density at radius 2 is 1.72 bits per heavy atom. The van der Waals surface area contributed by atoms with E-state index in [4.69, 9.17) is 0 Å². The zero-order chi connectivity index (χ0) is 13.1. The lowest BCUT2D eigenvalue weighted by Crippen LogP contribution is -1.88. The van der Waals surface area contributed by atoms with Gasteiger partial charge in [-0.1, -0.05) is 6.08 Å². The molecule has 2 rings (SSSR count). The van der Waals surface area contributed by atoms with E-state index in [1.165, 1.54) is 24.4 Å². The van der Waals surface area contributed by atoms with Crippen LogP contribution in [0.3, 0.4) is 0 Å². The van der Waals surface area contributed by atoms with E-state index in [0.29, 0.717) is 4.47 Å². The van der Waals surface area contributed by atoms with Gasteiger partial charge >= 0.3 is 0 Å². The van der Waals surface area contributed by atoms with Crippen molar-refractivity contribution in [3.05, 3.63) is 63.6 Å². The molecule has 0 amide bonds. The Morgan fingerprint density at radius 3 is 2.50 bits per heavy atom. The van der Waals surface area contributed by atoms with Gasteiger partial charge in [0, 0.05) is 21.8 Å². The van der Waals surface area contributed by atoms with Crippen molar-refractivity contribution in [2.75, 3.05) is 0 Å². The van der Waals surface area contributed by atoms with E-state index in [2.05, 4.69) is 20.9 Å². The molecule has 0 bridgehead atoms. The summed E-state index contributed by atoms with van der Waals surface area (Å²) in [6.45, 7) is 0. The van der Waals surface area contributed by atoms with Gasteiger partial charge in [0.25, 0.3) is 0 Å². The Balaban J connectivity index is 2.35. The summed E-state index contributed by atoms with van der Waals surface area (Å²) in [5, 5.41) is 0. The summed E-state index contributed by atoms with van der Waals surface area (Å²) in [4.78, 5) is 3.50. The highest BCUT2D eigenvalue weighted by atomic mass is 79.9. The maximum absolute atomic E-state index is 13.3. The van der Waals surface area contributed by atoms with E-state index in [1.54, 1.807) is 0 Å². The molecule has 0 aliphatic rings. The van der Waals surface area contributed by atoms with Crippen molar-refractivity contribution in [2.24, 2.45) is 0 Å². The number of nitrogens with zero attached hydrogens (tertiary/aromatic N) is 1. The fraction of sp³-hybridized carbons (Fsp3) is 0.